The molecular weight excluding hydrogens is 282 g/mol. The lowest BCUT2D eigenvalue weighted by Gasteiger charge is -2.34. The number of nitrogens with zero attached hydrogens (tertiary/aromatic N) is 2. The Hall–Kier alpha value is -1.66. The number of hydrogen-bond donors (Lipinski definition) is 1. The molecule has 1 atom stereocenters. The van der Waals surface area contributed by atoms with E-state index < -0.39 is 4.92 Å². The minimum atomic E-state index is -0.475. The Balaban J connectivity index is 0.00000200. The number of amides is 1. The van der Waals surface area contributed by atoms with Gasteiger partial charge in [-0.1, -0.05) is 6.07 Å². The van der Waals surface area contributed by atoms with Crippen molar-refractivity contribution in [2.24, 2.45) is 0 Å². The molecule has 6 nitrogen and oxygen atoms in total. The first-order valence-corrected chi connectivity index (χ1v) is 6.27. The fraction of sp³-hybridized carbons (Fsp3) is 0.462. The predicted octanol–water partition coefficient (Wildman–Crippen LogP) is 1.76. The normalized spacial score (nSPS) is 18.3. The van der Waals surface area contributed by atoms with E-state index in [-0.39, 0.29) is 30.0 Å². The second kappa shape index (κ2) is 6.67. The molecule has 1 aromatic rings. The van der Waals surface area contributed by atoms with Crippen molar-refractivity contribution in [1.82, 2.24) is 10.2 Å². The van der Waals surface area contributed by atoms with Crippen LogP contribution in [-0.4, -0.2) is 41.4 Å². The lowest BCUT2D eigenvalue weighted by atomic mass is 10.0. The molecule has 1 amide bonds. The summed E-state index contributed by atoms with van der Waals surface area (Å²) in [6, 6.07) is 4.51. The molecule has 0 spiro atoms. The molecule has 1 saturated heterocycles. The fourth-order valence-electron chi connectivity index (χ4n) is 2.25. The summed E-state index contributed by atoms with van der Waals surface area (Å²) in [6.07, 6.45) is 0. The van der Waals surface area contributed by atoms with Crippen LogP contribution in [0.3, 0.4) is 0 Å². The first-order valence-electron chi connectivity index (χ1n) is 6.27. The number of benzene rings is 1. The Morgan fingerprint density at radius 1 is 1.50 bits per heavy atom. The maximum atomic E-state index is 12.5. The van der Waals surface area contributed by atoms with E-state index in [1.807, 2.05) is 6.92 Å². The summed E-state index contributed by atoms with van der Waals surface area (Å²) in [4.78, 5) is 24.6. The van der Waals surface area contributed by atoms with E-state index in [1.165, 1.54) is 12.1 Å². The van der Waals surface area contributed by atoms with Crippen LogP contribution in [0.2, 0.25) is 0 Å². The zero-order valence-corrected chi connectivity index (χ0v) is 12.3. The molecular formula is C13H18ClN3O3. The second-order valence-corrected chi connectivity index (χ2v) is 4.81. The van der Waals surface area contributed by atoms with Crippen molar-refractivity contribution in [3.8, 4) is 0 Å². The van der Waals surface area contributed by atoms with Crippen LogP contribution in [0.25, 0.3) is 0 Å². The van der Waals surface area contributed by atoms with Gasteiger partial charge in [0.15, 0.2) is 0 Å². The number of halogens is 1. The molecule has 1 aliphatic rings. The number of hydrogen-bond acceptors (Lipinski definition) is 4. The Morgan fingerprint density at radius 3 is 2.80 bits per heavy atom. The highest BCUT2D eigenvalue weighted by Gasteiger charge is 2.26. The molecule has 0 saturated carbocycles. The van der Waals surface area contributed by atoms with E-state index >= 15 is 0 Å². The summed E-state index contributed by atoms with van der Waals surface area (Å²) < 4.78 is 0. The Bertz CT molecular complexity index is 522. The Labute approximate surface area is 123 Å². The van der Waals surface area contributed by atoms with Gasteiger partial charge in [0.25, 0.3) is 11.6 Å². The lowest BCUT2D eigenvalue weighted by molar-refractivity contribution is -0.384. The summed E-state index contributed by atoms with van der Waals surface area (Å²) in [5.41, 5.74) is 1.14. The molecule has 1 heterocycles. The molecule has 1 N–H and O–H groups in total. The maximum Gasteiger partial charge on any atom is 0.270 e. The van der Waals surface area contributed by atoms with E-state index in [2.05, 4.69) is 5.32 Å². The minimum Gasteiger partial charge on any atom is -0.333 e. The van der Waals surface area contributed by atoms with Crippen molar-refractivity contribution in [3.63, 3.8) is 0 Å². The van der Waals surface area contributed by atoms with Crippen LogP contribution in [0.1, 0.15) is 22.8 Å². The quantitative estimate of drug-likeness (QED) is 0.667. The summed E-state index contributed by atoms with van der Waals surface area (Å²) in [5, 5.41) is 14.0. The number of carbonyl (C=O) groups is 1. The zero-order valence-electron chi connectivity index (χ0n) is 11.5. The molecule has 2 rings (SSSR count). The molecule has 20 heavy (non-hydrogen) atoms. The van der Waals surface area contributed by atoms with Gasteiger partial charge in [-0.3, -0.25) is 14.9 Å². The predicted molar refractivity (Wildman–Crippen MR) is 78.4 cm³/mol. The summed E-state index contributed by atoms with van der Waals surface area (Å²) in [7, 11) is 0. The third-order valence-corrected chi connectivity index (χ3v) is 3.42. The molecule has 0 bridgehead atoms. The summed E-state index contributed by atoms with van der Waals surface area (Å²) in [6.45, 7) is 5.90. The van der Waals surface area contributed by atoms with Crippen LogP contribution < -0.4 is 5.32 Å². The lowest BCUT2D eigenvalue weighted by Crippen LogP contribution is -2.52. The van der Waals surface area contributed by atoms with E-state index in [0.29, 0.717) is 12.1 Å². The fourth-order valence-corrected chi connectivity index (χ4v) is 2.25. The highest BCUT2D eigenvalue weighted by molar-refractivity contribution is 5.96. The van der Waals surface area contributed by atoms with Crippen LogP contribution >= 0.6 is 12.4 Å². The molecule has 110 valence electrons. The average molecular weight is 300 g/mol. The van der Waals surface area contributed by atoms with Crippen molar-refractivity contribution in [2.45, 2.75) is 19.9 Å². The third-order valence-electron chi connectivity index (χ3n) is 3.42. The number of non-ortho nitro benzene ring substituents is 1. The van der Waals surface area contributed by atoms with Gasteiger partial charge in [0.2, 0.25) is 0 Å². The summed E-state index contributed by atoms with van der Waals surface area (Å²) in [5.74, 6) is -0.129. The number of rotatable bonds is 2. The SMILES string of the molecule is Cc1ccc([N+](=O)[O-])cc1C(=O)N1CCNC[C@@H]1C.Cl. The standard InChI is InChI=1S/C13H17N3O3.ClH/c1-9-3-4-11(16(18)19)7-12(9)13(17)15-6-5-14-8-10(15)2;/h3-4,7,10,14H,5-6,8H2,1-2H3;1H/t10-;/m0./s1. The van der Waals surface area contributed by atoms with E-state index in [1.54, 1.807) is 17.9 Å². The highest BCUT2D eigenvalue weighted by Crippen LogP contribution is 2.20. The van der Waals surface area contributed by atoms with Gasteiger partial charge in [0.1, 0.15) is 0 Å². The molecule has 1 aromatic carbocycles. The maximum absolute atomic E-state index is 12.5. The molecule has 1 aliphatic heterocycles. The van der Waals surface area contributed by atoms with Gasteiger partial charge >= 0.3 is 0 Å². The van der Waals surface area contributed by atoms with Crippen molar-refractivity contribution in [2.75, 3.05) is 19.6 Å². The van der Waals surface area contributed by atoms with E-state index in [0.717, 1.165) is 18.7 Å². The molecule has 0 unspecified atom stereocenters. The third kappa shape index (κ3) is 3.26. The number of nitro benzene ring substituents is 1. The summed E-state index contributed by atoms with van der Waals surface area (Å²) >= 11 is 0. The van der Waals surface area contributed by atoms with E-state index in [9.17, 15) is 14.9 Å². The van der Waals surface area contributed by atoms with Crippen LogP contribution in [-0.2, 0) is 0 Å². The van der Waals surface area contributed by atoms with Crippen molar-refractivity contribution >= 4 is 24.0 Å². The van der Waals surface area contributed by atoms with Crippen LogP contribution in [0.4, 0.5) is 5.69 Å². The number of carbonyl (C=O) groups excluding carboxylic acids is 1. The van der Waals surface area contributed by atoms with Crippen LogP contribution in [0.15, 0.2) is 18.2 Å². The zero-order chi connectivity index (χ0) is 14.0. The van der Waals surface area contributed by atoms with Gasteiger partial charge in [-0.15, -0.1) is 12.4 Å². The monoisotopic (exact) mass is 299 g/mol. The largest absolute Gasteiger partial charge is 0.333 e. The molecule has 7 heteroatoms. The number of nitro groups is 1. The van der Waals surface area contributed by atoms with E-state index in [4.69, 9.17) is 0 Å². The van der Waals surface area contributed by atoms with Crippen molar-refractivity contribution in [1.29, 1.82) is 0 Å². The van der Waals surface area contributed by atoms with Crippen molar-refractivity contribution in [3.05, 3.63) is 39.4 Å². The smallest absolute Gasteiger partial charge is 0.270 e. The topological polar surface area (TPSA) is 75.5 Å². The first-order chi connectivity index (χ1) is 9.00. The van der Waals surface area contributed by atoms with Gasteiger partial charge in [-0.25, -0.2) is 0 Å². The number of nitrogens with one attached hydrogen (secondary N) is 1. The highest BCUT2D eigenvalue weighted by atomic mass is 35.5. The molecule has 1 fully saturated rings. The van der Waals surface area contributed by atoms with Gasteiger partial charge in [0, 0.05) is 43.4 Å². The van der Waals surface area contributed by atoms with Gasteiger partial charge in [-0.05, 0) is 19.4 Å². The molecule has 0 radical (unpaired) electrons. The van der Waals surface area contributed by atoms with Crippen LogP contribution in [0.5, 0.6) is 0 Å². The minimum absolute atomic E-state index is 0. The number of piperazine rings is 1. The molecule has 0 aromatic heterocycles. The van der Waals surface area contributed by atoms with Crippen molar-refractivity contribution < 1.29 is 9.72 Å². The van der Waals surface area contributed by atoms with Gasteiger partial charge < -0.3 is 10.2 Å². The van der Waals surface area contributed by atoms with Gasteiger partial charge in [-0.2, -0.15) is 0 Å². The molecule has 0 aliphatic carbocycles. The Kier molecular flexibility index (Phi) is 5.47. The van der Waals surface area contributed by atoms with Crippen LogP contribution in [0, 0.1) is 17.0 Å². The second-order valence-electron chi connectivity index (χ2n) is 4.81. The van der Waals surface area contributed by atoms with Gasteiger partial charge in [0.05, 0.1) is 4.92 Å². The Morgan fingerprint density at radius 2 is 2.20 bits per heavy atom. The number of aryl methyl sites for hydroxylation is 1. The average Bonchev–Trinajstić information content (AvgIpc) is 2.38. The first kappa shape index (κ1) is 16.4.